The van der Waals surface area contributed by atoms with Crippen molar-refractivity contribution in [3.63, 3.8) is 0 Å². The second kappa shape index (κ2) is 5.07. The van der Waals surface area contributed by atoms with Crippen LogP contribution in [0.15, 0.2) is 42.5 Å². The van der Waals surface area contributed by atoms with Gasteiger partial charge in [-0.2, -0.15) is 0 Å². The largest absolute Gasteiger partial charge is 0.431 e. The molecule has 7 heteroatoms. The number of non-ortho nitro benzene ring substituents is 1. The van der Waals surface area contributed by atoms with E-state index in [2.05, 4.69) is 4.98 Å². The average molecular weight is 307 g/mol. The first kappa shape index (κ1) is 12.8. The van der Waals surface area contributed by atoms with Crippen molar-refractivity contribution in [1.29, 1.82) is 0 Å². The molecule has 100 valence electrons. The third kappa shape index (κ3) is 2.56. The quantitative estimate of drug-likeness (QED) is 0.522. The molecule has 0 aliphatic rings. The van der Waals surface area contributed by atoms with Gasteiger partial charge in [0.2, 0.25) is 0 Å². The number of aromatic nitrogens is 1. The summed E-state index contributed by atoms with van der Waals surface area (Å²) in [6.07, 6.45) is 0. The Kier molecular flexibility index (Phi) is 3.25. The molecule has 1 aromatic heterocycles. The summed E-state index contributed by atoms with van der Waals surface area (Å²) >= 11 is 7.12. The molecule has 0 radical (unpaired) electrons. The van der Waals surface area contributed by atoms with E-state index < -0.39 is 4.92 Å². The molecule has 3 rings (SSSR count). The van der Waals surface area contributed by atoms with Crippen LogP contribution in [0.1, 0.15) is 0 Å². The lowest BCUT2D eigenvalue weighted by molar-refractivity contribution is -0.384. The maximum atomic E-state index is 10.7. The maximum absolute atomic E-state index is 10.7. The normalized spacial score (nSPS) is 10.7. The molecule has 0 saturated carbocycles. The fourth-order valence-corrected chi connectivity index (χ4v) is 2.73. The Bertz CT molecular complexity index is 803. The van der Waals surface area contributed by atoms with Gasteiger partial charge in [-0.15, -0.1) is 0 Å². The Morgan fingerprint density at radius 3 is 2.85 bits per heavy atom. The summed E-state index contributed by atoms with van der Waals surface area (Å²) in [5, 5.41) is 11.7. The van der Waals surface area contributed by atoms with Crippen molar-refractivity contribution in [2.45, 2.75) is 0 Å². The molecule has 0 bridgehead atoms. The third-order valence-electron chi connectivity index (χ3n) is 2.56. The number of ether oxygens (including phenoxy) is 1. The fraction of sp³-hybridized carbons (Fsp3) is 0. The molecule has 0 aliphatic carbocycles. The van der Waals surface area contributed by atoms with Gasteiger partial charge >= 0.3 is 0 Å². The summed E-state index contributed by atoms with van der Waals surface area (Å²) in [5.41, 5.74) is 0.702. The van der Waals surface area contributed by atoms with Gasteiger partial charge in [-0.1, -0.05) is 29.0 Å². The van der Waals surface area contributed by atoms with Gasteiger partial charge in [0.15, 0.2) is 0 Å². The van der Waals surface area contributed by atoms with Gasteiger partial charge in [0, 0.05) is 17.2 Å². The predicted octanol–water partition coefficient (Wildman–Crippen LogP) is 4.65. The molecule has 0 N–H and O–H groups in total. The number of halogens is 1. The summed E-state index contributed by atoms with van der Waals surface area (Å²) in [5.74, 6) is 0.575. The molecule has 2 aromatic carbocycles. The second-order valence-corrected chi connectivity index (χ2v) is 5.38. The van der Waals surface area contributed by atoms with Crippen LogP contribution < -0.4 is 4.74 Å². The van der Waals surface area contributed by atoms with Crippen molar-refractivity contribution in [1.82, 2.24) is 4.98 Å². The summed E-state index contributed by atoms with van der Waals surface area (Å²) < 4.78 is 6.30. The molecule has 0 aliphatic heterocycles. The van der Waals surface area contributed by atoms with Crippen LogP contribution >= 0.6 is 22.9 Å². The highest BCUT2D eigenvalue weighted by Crippen LogP contribution is 2.33. The lowest BCUT2D eigenvalue weighted by Crippen LogP contribution is -1.86. The van der Waals surface area contributed by atoms with E-state index in [-0.39, 0.29) is 5.69 Å². The highest BCUT2D eigenvalue weighted by molar-refractivity contribution is 7.20. The molecule has 0 unspecified atom stereocenters. The maximum Gasteiger partial charge on any atom is 0.279 e. The Hall–Kier alpha value is -2.18. The third-order valence-corrected chi connectivity index (χ3v) is 3.70. The monoisotopic (exact) mass is 306 g/mol. The lowest BCUT2D eigenvalue weighted by atomic mass is 10.3. The first-order valence-corrected chi connectivity index (χ1v) is 6.80. The van der Waals surface area contributed by atoms with E-state index in [0.29, 0.717) is 26.2 Å². The topological polar surface area (TPSA) is 65.3 Å². The van der Waals surface area contributed by atoms with Gasteiger partial charge in [-0.3, -0.25) is 10.1 Å². The van der Waals surface area contributed by atoms with Gasteiger partial charge in [0.25, 0.3) is 10.9 Å². The number of rotatable bonds is 3. The molecular formula is C13H7ClN2O3S. The zero-order chi connectivity index (χ0) is 14.1. The number of benzene rings is 2. The second-order valence-electron chi connectivity index (χ2n) is 3.95. The van der Waals surface area contributed by atoms with Crippen LogP contribution in [-0.4, -0.2) is 9.91 Å². The van der Waals surface area contributed by atoms with Gasteiger partial charge in [0.05, 0.1) is 15.1 Å². The van der Waals surface area contributed by atoms with Crippen LogP contribution in [0.25, 0.3) is 10.2 Å². The van der Waals surface area contributed by atoms with Gasteiger partial charge < -0.3 is 4.74 Å². The molecule has 0 fully saturated rings. The van der Waals surface area contributed by atoms with Gasteiger partial charge in [0.1, 0.15) is 5.75 Å². The standard InChI is InChI=1S/C13H7ClN2O3S/c14-8-2-1-3-10(6-8)19-13-15-11-5-4-9(16(17)18)7-12(11)20-13/h1-7H. The zero-order valence-corrected chi connectivity index (χ0v) is 11.5. The fourth-order valence-electron chi connectivity index (χ4n) is 1.68. The minimum Gasteiger partial charge on any atom is -0.431 e. The Morgan fingerprint density at radius 2 is 2.10 bits per heavy atom. The summed E-state index contributed by atoms with van der Waals surface area (Å²) in [7, 11) is 0. The van der Waals surface area contributed by atoms with Crippen LogP contribution in [0.5, 0.6) is 10.9 Å². The molecular weight excluding hydrogens is 300 g/mol. The van der Waals surface area contributed by atoms with Crippen molar-refractivity contribution < 1.29 is 9.66 Å². The van der Waals surface area contributed by atoms with Crippen molar-refractivity contribution in [2.75, 3.05) is 0 Å². The van der Waals surface area contributed by atoms with Crippen molar-refractivity contribution in [2.24, 2.45) is 0 Å². The summed E-state index contributed by atoms with van der Waals surface area (Å²) in [6, 6.07) is 11.5. The first-order valence-electron chi connectivity index (χ1n) is 5.60. The number of hydrogen-bond acceptors (Lipinski definition) is 5. The molecule has 20 heavy (non-hydrogen) atoms. The van der Waals surface area contributed by atoms with Crippen LogP contribution in [0.3, 0.4) is 0 Å². The Balaban J connectivity index is 1.95. The van der Waals surface area contributed by atoms with Gasteiger partial charge in [-0.05, 0) is 24.3 Å². The molecule has 5 nitrogen and oxygen atoms in total. The van der Waals surface area contributed by atoms with E-state index in [1.165, 1.54) is 23.5 Å². The van der Waals surface area contributed by atoms with E-state index in [1.807, 2.05) is 0 Å². The molecule has 0 atom stereocenters. The molecule has 3 aromatic rings. The van der Waals surface area contributed by atoms with Crippen molar-refractivity contribution >= 4 is 38.8 Å². The SMILES string of the molecule is O=[N+]([O-])c1ccc2nc(Oc3cccc(Cl)c3)sc2c1. The van der Waals surface area contributed by atoms with Crippen molar-refractivity contribution in [3.05, 3.63) is 57.6 Å². The number of nitro groups is 1. The van der Waals surface area contributed by atoms with Crippen molar-refractivity contribution in [3.8, 4) is 10.9 Å². The Labute approximate surface area is 122 Å². The molecule has 0 saturated heterocycles. The minimum absolute atomic E-state index is 0.0375. The van der Waals surface area contributed by atoms with Crippen LogP contribution in [0.2, 0.25) is 5.02 Å². The van der Waals surface area contributed by atoms with Crippen LogP contribution in [0, 0.1) is 10.1 Å². The van der Waals surface area contributed by atoms with Gasteiger partial charge in [-0.25, -0.2) is 4.98 Å². The molecule has 1 heterocycles. The van der Waals surface area contributed by atoms with E-state index >= 15 is 0 Å². The smallest absolute Gasteiger partial charge is 0.279 e. The van der Waals surface area contributed by atoms with E-state index in [1.54, 1.807) is 30.3 Å². The number of thiazole rings is 1. The van der Waals surface area contributed by atoms with E-state index in [9.17, 15) is 10.1 Å². The van der Waals surface area contributed by atoms with E-state index in [0.717, 1.165) is 0 Å². The number of nitrogens with zero attached hydrogens (tertiary/aromatic N) is 2. The summed E-state index contributed by atoms with van der Waals surface area (Å²) in [6.45, 7) is 0. The summed E-state index contributed by atoms with van der Waals surface area (Å²) in [4.78, 5) is 14.6. The highest BCUT2D eigenvalue weighted by atomic mass is 35.5. The number of nitro benzene ring substituents is 1. The Morgan fingerprint density at radius 1 is 1.25 bits per heavy atom. The molecule has 0 spiro atoms. The van der Waals surface area contributed by atoms with Crippen LogP contribution in [0.4, 0.5) is 5.69 Å². The zero-order valence-electron chi connectivity index (χ0n) is 9.95. The molecule has 0 amide bonds. The lowest BCUT2D eigenvalue weighted by Gasteiger charge is -2.00. The predicted molar refractivity (Wildman–Crippen MR) is 77.8 cm³/mol. The average Bonchev–Trinajstić information content (AvgIpc) is 2.79. The first-order chi connectivity index (χ1) is 9.61. The number of fused-ring (bicyclic) bond motifs is 1. The van der Waals surface area contributed by atoms with E-state index in [4.69, 9.17) is 16.3 Å². The number of hydrogen-bond donors (Lipinski definition) is 0. The highest BCUT2D eigenvalue weighted by Gasteiger charge is 2.11. The minimum atomic E-state index is -0.434. The van der Waals surface area contributed by atoms with Crippen LogP contribution in [-0.2, 0) is 0 Å².